The summed E-state index contributed by atoms with van der Waals surface area (Å²) >= 11 is 6.44. The van der Waals surface area contributed by atoms with Gasteiger partial charge in [0.05, 0.1) is 24.3 Å². The van der Waals surface area contributed by atoms with Crippen molar-refractivity contribution in [2.75, 3.05) is 18.5 Å². The molecule has 2 aromatic carbocycles. The Labute approximate surface area is 186 Å². The molecule has 1 fully saturated rings. The molecule has 7 heteroatoms. The Morgan fingerprint density at radius 1 is 1.26 bits per heavy atom. The molecule has 0 unspecified atom stereocenters. The molecule has 31 heavy (non-hydrogen) atoms. The Bertz CT molecular complexity index is 1110. The van der Waals surface area contributed by atoms with Crippen LogP contribution in [0.25, 0.3) is 10.9 Å². The van der Waals surface area contributed by atoms with E-state index in [1.807, 2.05) is 32.0 Å². The molecule has 2 heterocycles. The third kappa shape index (κ3) is 4.75. The number of fused-ring (bicyclic) bond motifs is 1. The lowest BCUT2D eigenvalue weighted by atomic mass is 9.99. The second kappa shape index (κ2) is 9.12. The maximum atomic E-state index is 11.6. The topological polar surface area (TPSA) is 80.7 Å². The standard InChI is InChI=1S/C24H25ClN2O4/c1-14-11-18(15(2)26-20-6-4-3-5-17(20)24(28)29)19-13-22(23(25)27-21(19)12-14)31-16-7-9-30-10-8-16/h3-6,11-13,15-16,26H,7-10H2,1-2H3,(H,28,29)/t15-/m1/s1. The van der Waals surface area contributed by atoms with Crippen molar-refractivity contribution in [1.82, 2.24) is 4.98 Å². The van der Waals surface area contributed by atoms with Gasteiger partial charge < -0.3 is 19.9 Å². The summed E-state index contributed by atoms with van der Waals surface area (Å²) in [5.41, 5.74) is 3.62. The van der Waals surface area contributed by atoms with Crippen molar-refractivity contribution < 1.29 is 19.4 Å². The Morgan fingerprint density at radius 2 is 2.00 bits per heavy atom. The van der Waals surface area contributed by atoms with E-state index in [1.54, 1.807) is 18.2 Å². The molecule has 1 saturated heterocycles. The first kappa shape index (κ1) is 21.4. The van der Waals surface area contributed by atoms with Gasteiger partial charge in [0.1, 0.15) is 6.10 Å². The SMILES string of the molecule is Cc1cc([C@@H](C)Nc2ccccc2C(=O)O)c2cc(OC3CCOCC3)c(Cl)nc2c1. The van der Waals surface area contributed by atoms with E-state index < -0.39 is 5.97 Å². The molecule has 0 saturated carbocycles. The molecule has 1 aliphatic rings. The number of anilines is 1. The highest BCUT2D eigenvalue weighted by Gasteiger charge is 2.20. The number of aromatic nitrogens is 1. The number of benzene rings is 2. The number of carboxylic acid groups (broad SMARTS) is 1. The van der Waals surface area contributed by atoms with Crippen LogP contribution in [0.15, 0.2) is 42.5 Å². The molecule has 1 aromatic heterocycles. The maximum absolute atomic E-state index is 11.6. The number of ether oxygens (including phenoxy) is 2. The average molecular weight is 441 g/mol. The molecule has 0 bridgehead atoms. The molecule has 6 nitrogen and oxygen atoms in total. The quantitative estimate of drug-likeness (QED) is 0.484. The summed E-state index contributed by atoms with van der Waals surface area (Å²) in [5.74, 6) is -0.408. The van der Waals surface area contributed by atoms with Crippen LogP contribution >= 0.6 is 11.6 Å². The minimum absolute atomic E-state index is 0.0531. The molecular formula is C24H25ClN2O4. The van der Waals surface area contributed by atoms with Gasteiger partial charge in [0, 0.05) is 30.0 Å². The summed E-state index contributed by atoms with van der Waals surface area (Å²) in [7, 11) is 0. The number of halogens is 1. The molecule has 4 rings (SSSR count). The number of nitrogens with zero attached hydrogens (tertiary/aromatic N) is 1. The fraction of sp³-hybridized carbons (Fsp3) is 0.333. The van der Waals surface area contributed by atoms with Crippen LogP contribution in [0.4, 0.5) is 5.69 Å². The van der Waals surface area contributed by atoms with Gasteiger partial charge in [-0.2, -0.15) is 0 Å². The molecule has 0 spiro atoms. The molecule has 1 atom stereocenters. The van der Waals surface area contributed by atoms with E-state index in [2.05, 4.69) is 16.4 Å². The van der Waals surface area contributed by atoms with Crippen molar-refractivity contribution in [3.8, 4) is 5.75 Å². The zero-order valence-electron chi connectivity index (χ0n) is 17.5. The Hall–Kier alpha value is -2.83. The van der Waals surface area contributed by atoms with Gasteiger partial charge in [-0.3, -0.25) is 0 Å². The molecule has 0 aliphatic carbocycles. The number of nitrogens with one attached hydrogen (secondary N) is 1. The number of pyridine rings is 1. The van der Waals surface area contributed by atoms with E-state index in [0.717, 1.165) is 34.9 Å². The first-order valence-corrected chi connectivity index (χ1v) is 10.7. The maximum Gasteiger partial charge on any atom is 0.337 e. The molecule has 162 valence electrons. The number of aromatic carboxylic acids is 1. The zero-order valence-corrected chi connectivity index (χ0v) is 18.3. The fourth-order valence-corrected chi connectivity index (χ4v) is 4.12. The number of aryl methyl sites for hydroxylation is 1. The van der Waals surface area contributed by atoms with Crippen LogP contribution in [-0.4, -0.2) is 35.4 Å². The van der Waals surface area contributed by atoms with Crippen molar-refractivity contribution in [2.24, 2.45) is 0 Å². The summed E-state index contributed by atoms with van der Waals surface area (Å²) in [5, 5.41) is 14.1. The number of rotatable bonds is 6. The van der Waals surface area contributed by atoms with E-state index >= 15 is 0 Å². The van der Waals surface area contributed by atoms with Crippen LogP contribution in [0.3, 0.4) is 0 Å². The van der Waals surface area contributed by atoms with Crippen LogP contribution < -0.4 is 10.1 Å². The van der Waals surface area contributed by atoms with Gasteiger partial charge >= 0.3 is 5.97 Å². The summed E-state index contributed by atoms with van der Waals surface area (Å²) in [6, 6.07) is 12.7. The van der Waals surface area contributed by atoms with Crippen molar-refractivity contribution in [1.29, 1.82) is 0 Å². The van der Waals surface area contributed by atoms with Gasteiger partial charge in [0.2, 0.25) is 0 Å². The van der Waals surface area contributed by atoms with E-state index in [4.69, 9.17) is 21.1 Å². The van der Waals surface area contributed by atoms with Crippen LogP contribution in [0.5, 0.6) is 5.75 Å². The van der Waals surface area contributed by atoms with Gasteiger partial charge in [-0.15, -0.1) is 0 Å². The smallest absolute Gasteiger partial charge is 0.337 e. The summed E-state index contributed by atoms with van der Waals surface area (Å²) in [4.78, 5) is 16.2. The lowest BCUT2D eigenvalue weighted by Gasteiger charge is -2.24. The zero-order chi connectivity index (χ0) is 22.0. The highest BCUT2D eigenvalue weighted by Crippen LogP contribution is 2.35. The van der Waals surface area contributed by atoms with Gasteiger partial charge in [0.25, 0.3) is 0 Å². The Balaban J connectivity index is 1.71. The fourth-order valence-electron chi connectivity index (χ4n) is 3.93. The lowest BCUT2D eigenvalue weighted by Crippen LogP contribution is -2.26. The van der Waals surface area contributed by atoms with Crippen molar-refractivity contribution in [3.63, 3.8) is 0 Å². The van der Waals surface area contributed by atoms with Crippen LogP contribution in [0, 0.1) is 6.92 Å². The first-order valence-electron chi connectivity index (χ1n) is 10.4. The molecule has 2 N–H and O–H groups in total. The van der Waals surface area contributed by atoms with Gasteiger partial charge in [0.15, 0.2) is 10.9 Å². The lowest BCUT2D eigenvalue weighted by molar-refractivity contribution is 0.0255. The largest absolute Gasteiger partial charge is 0.487 e. The van der Waals surface area contributed by atoms with Gasteiger partial charge in [-0.1, -0.05) is 29.8 Å². The molecule has 0 radical (unpaired) electrons. The first-order chi connectivity index (χ1) is 14.9. The van der Waals surface area contributed by atoms with Gasteiger partial charge in [-0.25, -0.2) is 9.78 Å². The monoisotopic (exact) mass is 440 g/mol. The minimum atomic E-state index is -0.968. The second-order valence-corrected chi connectivity index (χ2v) is 8.20. The van der Waals surface area contributed by atoms with Crippen LogP contribution in [0.1, 0.15) is 47.3 Å². The average Bonchev–Trinajstić information content (AvgIpc) is 2.75. The highest BCUT2D eigenvalue weighted by atomic mass is 35.5. The van der Waals surface area contributed by atoms with Crippen molar-refractivity contribution in [2.45, 2.75) is 38.8 Å². The Kier molecular flexibility index (Phi) is 6.30. The molecular weight excluding hydrogens is 416 g/mol. The summed E-state index contributed by atoms with van der Waals surface area (Å²) < 4.78 is 11.6. The number of para-hydroxylation sites is 1. The second-order valence-electron chi connectivity index (χ2n) is 7.84. The van der Waals surface area contributed by atoms with Crippen molar-refractivity contribution >= 4 is 34.2 Å². The minimum Gasteiger partial charge on any atom is -0.487 e. The van der Waals surface area contributed by atoms with Crippen LogP contribution in [0.2, 0.25) is 5.15 Å². The number of carboxylic acids is 1. The van der Waals surface area contributed by atoms with E-state index in [1.165, 1.54) is 0 Å². The van der Waals surface area contributed by atoms with E-state index in [-0.39, 0.29) is 17.7 Å². The summed E-state index contributed by atoms with van der Waals surface area (Å²) in [6.07, 6.45) is 1.69. The third-order valence-electron chi connectivity index (χ3n) is 5.49. The number of hydrogen-bond acceptors (Lipinski definition) is 5. The van der Waals surface area contributed by atoms with Crippen LogP contribution in [-0.2, 0) is 4.74 Å². The van der Waals surface area contributed by atoms with E-state index in [0.29, 0.717) is 29.8 Å². The predicted molar refractivity (Wildman–Crippen MR) is 121 cm³/mol. The molecule has 0 amide bonds. The number of hydrogen-bond donors (Lipinski definition) is 2. The van der Waals surface area contributed by atoms with Crippen molar-refractivity contribution in [3.05, 3.63) is 64.3 Å². The van der Waals surface area contributed by atoms with Gasteiger partial charge in [-0.05, 0) is 49.2 Å². The molecule has 1 aliphatic heterocycles. The normalized spacial score (nSPS) is 15.6. The third-order valence-corrected chi connectivity index (χ3v) is 5.76. The highest BCUT2D eigenvalue weighted by molar-refractivity contribution is 6.31. The summed E-state index contributed by atoms with van der Waals surface area (Å²) in [6.45, 7) is 5.36. The molecule has 3 aromatic rings. The predicted octanol–water partition coefficient (Wildman–Crippen LogP) is 5.63. The Morgan fingerprint density at radius 3 is 2.74 bits per heavy atom. The van der Waals surface area contributed by atoms with E-state index in [9.17, 15) is 9.90 Å². The number of carbonyl (C=O) groups is 1.